The summed E-state index contributed by atoms with van der Waals surface area (Å²) in [5.74, 6) is -1.49. The third kappa shape index (κ3) is 8.47. The smallest absolute Gasteiger partial charge is 0.375 e. The van der Waals surface area contributed by atoms with Crippen LogP contribution in [0.15, 0.2) is 24.3 Å². The van der Waals surface area contributed by atoms with Crippen molar-refractivity contribution in [2.75, 3.05) is 13.2 Å². The Bertz CT molecular complexity index is 548. The van der Waals surface area contributed by atoms with Crippen molar-refractivity contribution in [2.24, 2.45) is 0 Å². The van der Waals surface area contributed by atoms with E-state index in [4.69, 9.17) is 4.74 Å². The summed E-state index contributed by atoms with van der Waals surface area (Å²) in [4.78, 5) is 34.8. The minimum Gasteiger partial charge on any atom is -0.494 e. The van der Waals surface area contributed by atoms with E-state index in [-0.39, 0.29) is 6.61 Å². The molecule has 0 spiro atoms. The second-order valence-corrected chi connectivity index (χ2v) is 5.88. The fourth-order valence-corrected chi connectivity index (χ4v) is 2.34. The first kappa shape index (κ1) is 20.9. The van der Waals surface area contributed by atoms with Gasteiger partial charge in [-0.2, -0.15) is 0 Å². The van der Waals surface area contributed by atoms with E-state index in [1.165, 1.54) is 25.7 Å². The molecule has 0 heterocycles. The van der Waals surface area contributed by atoms with Gasteiger partial charge in [0.05, 0.1) is 19.6 Å². The van der Waals surface area contributed by atoms with Gasteiger partial charge in [-0.25, -0.2) is 4.79 Å². The molecule has 0 radical (unpaired) electrons. The Kier molecular flexibility index (Phi) is 10.2. The summed E-state index contributed by atoms with van der Waals surface area (Å²) in [7, 11) is 0. The third-order valence-corrected chi connectivity index (χ3v) is 3.77. The molecule has 5 heteroatoms. The molecule has 0 fully saturated rings. The van der Waals surface area contributed by atoms with Crippen molar-refractivity contribution in [1.29, 1.82) is 0 Å². The van der Waals surface area contributed by atoms with Crippen LogP contribution in [0.4, 0.5) is 0 Å². The van der Waals surface area contributed by atoms with E-state index < -0.39 is 24.0 Å². The Morgan fingerprint density at radius 2 is 1.52 bits per heavy atom. The lowest BCUT2D eigenvalue weighted by Gasteiger charge is -2.07. The van der Waals surface area contributed by atoms with Gasteiger partial charge in [0.25, 0.3) is 0 Å². The molecule has 1 rings (SSSR count). The van der Waals surface area contributed by atoms with Gasteiger partial charge >= 0.3 is 5.97 Å². The summed E-state index contributed by atoms with van der Waals surface area (Å²) in [6.45, 7) is 4.57. The SMILES string of the molecule is CCCCCCCCOc1ccc(C(=O)CC(=O)C(=O)OCC)cc1. The van der Waals surface area contributed by atoms with Crippen molar-refractivity contribution in [3.8, 4) is 5.75 Å². The highest BCUT2D eigenvalue weighted by molar-refractivity contribution is 6.38. The highest BCUT2D eigenvalue weighted by Crippen LogP contribution is 2.15. The maximum absolute atomic E-state index is 12.0. The number of benzene rings is 1. The molecule has 138 valence electrons. The third-order valence-electron chi connectivity index (χ3n) is 3.77. The molecule has 25 heavy (non-hydrogen) atoms. The zero-order valence-electron chi connectivity index (χ0n) is 15.2. The van der Waals surface area contributed by atoms with E-state index in [1.54, 1.807) is 31.2 Å². The van der Waals surface area contributed by atoms with Gasteiger partial charge < -0.3 is 9.47 Å². The van der Waals surface area contributed by atoms with Crippen molar-refractivity contribution in [3.05, 3.63) is 29.8 Å². The average Bonchev–Trinajstić information content (AvgIpc) is 2.61. The van der Waals surface area contributed by atoms with Gasteiger partial charge in [-0.1, -0.05) is 39.0 Å². The zero-order valence-corrected chi connectivity index (χ0v) is 15.2. The molecule has 1 aromatic carbocycles. The molecule has 0 amide bonds. The van der Waals surface area contributed by atoms with Crippen LogP contribution >= 0.6 is 0 Å². The molecular weight excluding hydrogens is 320 g/mol. The number of ketones is 2. The predicted octanol–water partition coefficient (Wildman–Crippen LogP) is 4.13. The summed E-state index contributed by atoms with van der Waals surface area (Å²) in [6, 6.07) is 6.63. The van der Waals surface area contributed by atoms with Crippen molar-refractivity contribution in [1.82, 2.24) is 0 Å². The Hall–Kier alpha value is -2.17. The maximum atomic E-state index is 12.0. The number of unbranched alkanes of at least 4 members (excludes halogenated alkanes) is 5. The largest absolute Gasteiger partial charge is 0.494 e. The van der Waals surface area contributed by atoms with Crippen LogP contribution in [0.2, 0.25) is 0 Å². The average molecular weight is 348 g/mol. The Labute approximate surface area is 149 Å². The van der Waals surface area contributed by atoms with Crippen molar-refractivity contribution in [2.45, 2.75) is 58.8 Å². The standard InChI is InChI=1S/C20H28O5/c1-3-5-6-7-8-9-14-25-17-12-10-16(11-13-17)18(21)15-19(22)20(23)24-4-2/h10-13H,3-9,14-15H2,1-2H3. The first-order chi connectivity index (χ1) is 12.1. The molecule has 0 aliphatic carbocycles. The molecule has 0 aliphatic heterocycles. The number of ether oxygens (including phenoxy) is 2. The molecule has 0 N–H and O–H groups in total. The fraction of sp³-hybridized carbons (Fsp3) is 0.550. The van der Waals surface area contributed by atoms with Crippen LogP contribution in [0.3, 0.4) is 0 Å². The van der Waals surface area contributed by atoms with E-state index in [9.17, 15) is 14.4 Å². The van der Waals surface area contributed by atoms with Crippen LogP contribution in [0, 0.1) is 0 Å². The van der Waals surface area contributed by atoms with E-state index in [0.29, 0.717) is 17.9 Å². The number of carbonyl (C=O) groups is 3. The molecule has 0 atom stereocenters. The van der Waals surface area contributed by atoms with Gasteiger partial charge in [0.2, 0.25) is 5.78 Å². The summed E-state index contributed by atoms with van der Waals surface area (Å²) < 4.78 is 10.2. The summed E-state index contributed by atoms with van der Waals surface area (Å²) in [5.41, 5.74) is 0.379. The van der Waals surface area contributed by atoms with Crippen LogP contribution in [0.1, 0.15) is 69.2 Å². The fourth-order valence-electron chi connectivity index (χ4n) is 2.34. The Morgan fingerprint density at radius 1 is 0.880 bits per heavy atom. The van der Waals surface area contributed by atoms with E-state index >= 15 is 0 Å². The molecule has 0 saturated heterocycles. The molecule has 0 unspecified atom stereocenters. The molecule has 0 aliphatic rings. The van der Waals surface area contributed by atoms with Gasteiger partial charge in [-0.15, -0.1) is 0 Å². The summed E-state index contributed by atoms with van der Waals surface area (Å²) in [5, 5.41) is 0. The van der Waals surface area contributed by atoms with Gasteiger partial charge in [0, 0.05) is 5.56 Å². The number of carbonyl (C=O) groups excluding carboxylic acids is 3. The van der Waals surface area contributed by atoms with E-state index in [1.807, 2.05) is 0 Å². The second-order valence-electron chi connectivity index (χ2n) is 5.88. The summed E-state index contributed by atoms with van der Waals surface area (Å²) >= 11 is 0. The topological polar surface area (TPSA) is 69.7 Å². The minimum absolute atomic E-state index is 0.114. The molecule has 5 nitrogen and oxygen atoms in total. The number of hydrogen-bond acceptors (Lipinski definition) is 5. The monoisotopic (exact) mass is 348 g/mol. The number of esters is 1. The van der Waals surface area contributed by atoms with E-state index in [0.717, 1.165) is 12.8 Å². The van der Waals surface area contributed by atoms with Gasteiger partial charge in [-0.05, 0) is 37.6 Å². The first-order valence-corrected chi connectivity index (χ1v) is 9.04. The molecular formula is C20H28O5. The molecule has 0 bridgehead atoms. The van der Waals surface area contributed by atoms with Crippen LogP contribution < -0.4 is 4.74 Å². The molecule has 1 aromatic rings. The normalized spacial score (nSPS) is 10.3. The lowest BCUT2D eigenvalue weighted by Crippen LogP contribution is -2.20. The highest BCUT2D eigenvalue weighted by atomic mass is 16.5. The van der Waals surface area contributed by atoms with Crippen molar-refractivity contribution < 1.29 is 23.9 Å². The van der Waals surface area contributed by atoms with Crippen LogP contribution in [0.5, 0.6) is 5.75 Å². The number of rotatable bonds is 13. The Morgan fingerprint density at radius 3 is 2.16 bits per heavy atom. The van der Waals surface area contributed by atoms with Gasteiger partial charge in [0.1, 0.15) is 5.75 Å². The van der Waals surface area contributed by atoms with Gasteiger partial charge in [0.15, 0.2) is 5.78 Å². The van der Waals surface area contributed by atoms with Crippen LogP contribution in [-0.2, 0) is 14.3 Å². The zero-order chi connectivity index (χ0) is 18.5. The predicted molar refractivity (Wildman–Crippen MR) is 95.9 cm³/mol. The van der Waals surface area contributed by atoms with Crippen molar-refractivity contribution in [3.63, 3.8) is 0 Å². The molecule has 0 saturated carbocycles. The summed E-state index contributed by atoms with van der Waals surface area (Å²) in [6.07, 6.45) is 6.74. The molecule has 0 aromatic heterocycles. The number of hydrogen-bond donors (Lipinski definition) is 0. The lowest BCUT2D eigenvalue weighted by atomic mass is 10.1. The quantitative estimate of drug-likeness (QED) is 0.176. The van der Waals surface area contributed by atoms with Crippen LogP contribution in [-0.4, -0.2) is 30.7 Å². The minimum atomic E-state index is -0.963. The highest BCUT2D eigenvalue weighted by Gasteiger charge is 2.19. The van der Waals surface area contributed by atoms with Gasteiger partial charge in [-0.3, -0.25) is 9.59 Å². The van der Waals surface area contributed by atoms with E-state index in [2.05, 4.69) is 11.7 Å². The van der Waals surface area contributed by atoms with Crippen LogP contribution in [0.25, 0.3) is 0 Å². The van der Waals surface area contributed by atoms with Crippen molar-refractivity contribution >= 4 is 17.5 Å². The first-order valence-electron chi connectivity index (χ1n) is 9.04. The maximum Gasteiger partial charge on any atom is 0.375 e. The Balaban J connectivity index is 2.34. The number of Topliss-reactive ketones (excluding diaryl/α,β-unsaturated/α-hetero) is 2. The lowest BCUT2D eigenvalue weighted by molar-refractivity contribution is -0.153. The second kappa shape index (κ2) is 12.2.